The number of benzene rings is 2. The Morgan fingerprint density at radius 2 is 1.77 bits per heavy atom. The molecule has 0 aromatic heterocycles. The van der Waals surface area contributed by atoms with Crippen molar-refractivity contribution in [1.29, 1.82) is 0 Å². The summed E-state index contributed by atoms with van der Waals surface area (Å²) >= 11 is 0. The van der Waals surface area contributed by atoms with Gasteiger partial charge in [-0.2, -0.15) is 0 Å². The molecule has 0 fully saturated rings. The van der Waals surface area contributed by atoms with E-state index in [1.54, 1.807) is 6.07 Å². The van der Waals surface area contributed by atoms with Gasteiger partial charge in [0, 0.05) is 25.7 Å². The highest BCUT2D eigenvalue weighted by Crippen LogP contribution is 2.18. The first-order chi connectivity index (χ1) is 14.0. The van der Waals surface area contributed by atoms with Crippen molar-refractivity contribution in [2.24, 2.45) is 0 Å². The van der Waals surface area contributed by atoms with Gasteiger partial charge in [-0.15, -0.1) is 0 Å². The molecule has 10 heteroatoms. The average Bonchev–Trinajstić information content (AvgIpc) is 2.67. The zero-order valence-electron chi connectivity index (χ0n) is 16.8. The highest BCUT2D eigenvalue weighted by Gasteiger charge is 2.18. The number of nitrogens with zero attached hydrogens (tertiary/aromatic N) is 1. The summed E-state index contributed by atoms with van der Waals surface area (Å²) < 4.78 is 52.5. The Bertz CT molecular complexity index is 1060. The number of rotatable bonds is 8. The number of carbonyl (C=O) groups is 2. The molecule has 0 aliphatic carbocycles. The largest absolute Gasteiger partial charge is 0.336 e. The maximum absolute atomic E-state index is 13.2. The summed E-state index contributed by atoms with van der Waals surface area (Å²) in [7, 11) is -2.67. The first-order valence-corrected chi connectivity index (χ1v) is 10.5. The Morgan fingerprint density at radius 3 is 2.43 bits per heavy atom. The minimum Gasteiger partial charge on any atom is -0.336 e. The van der Waals surface area contributed by atoms with Crippen LogP contribution in [0, 0.1) is 25.5 Å². The van der Waals surface area contributed by atoms with E-state index in [1.165, 1.54) is 11.9 Å². The molecular weight excluding hydrogens is 416 g/mol. The lowest BCUT2D eigenvalue weighted by Gasteiger charge is -2.18. The molecule has 0 aliphatic heterocycles. The summed E-state index contributed by atoms with van der Waals surface area (Å²) in [5.74, 6) is -3.30. The van der Waals surface area contributed by atoms with Crippen LogP contribution in [0.2, 0.25) is 0 Å². The third-order valence-corrected chi connectivity index (χ3v) is 5.98. The number of sulfonamides is 1. The predicted molar refractivity (Wildman–Crippen MR) is 108 cm³/mol. The average molecular weight is 439 g/mol. The topological polar surface area (TPSA) is 95.6 Å². The van der Waals surface area contributed by atoms with Crippen molar-refractivity contribution in [2.75, 3.05) is 25.5 Å². The first-order valence-electron chi connectivity index (χ1n) is 9.06. The van der Waals surface area contributed by atoms with E-state index in [-0.39, 0.29) is 25.4 Å². The van der Waals surface area contributed by atoms with E-state index in [4.69, 9.17) is 0 Å². The van der Waals surface area contributed by atoms with Gasteiger partial charge in [-0.05, 0) is 49.2 Å². The van der Waals surface area contributed by atoms with Crippen LogP contribution in [0.3, 0.4) is 0 Å². The van der Waals surface area contributed by atoms with Crippen LogP contribution in [-0.2, 0) is 19.6 Å². The van der Waals surface area contributed by atoms with Gasteiger partial charge in [-0.25, -0.2) is 21.9 Å². The Balaban J connectivity index is 1.86. The third kappa shape index (κ3) is 6.07. The first kappa shape index (κ1) is 23.4. The van der Waals surface area contributed by atoms with Crippen molar-refractivity contribution < 1.29 is 26.8 Å². The third-order valence-electron chi connectivity index (χ3n) is 4.52. The molecule has 2 aromatic carbocycles. The minimum absolute atomic E-state index is 0.206. The van der Waals surface area contributed by atoms with Gasteiger partial charge in [0.2, 0.25) is 21.8 Å². The van der Waals surface area contributed by atoms with Crippen LogP contribution >= 0.6 is 0 Å². The molecule has 0 aliphatic rings. The molecule has 2 aromatic rings. The molecular formula is C20H23F2N3O4S. The summed E-state index contributed by atoms with van der Waals surface area (Å²) in [5, 5.41) is 2.74. The van der Waals surface area contributed by atoms with Crippen LogP contribution in [0.15, 0.2) is 41.3 Å². The van der Waals surface area contributed by atoms with Crippen LogP contribution in [0.1, 0.15) is 17.5 Å². The number of nitrogens with one attached hydrogen (secondary N) is 2. The predicted octanol–water partition coefficient (Wildman–Crippen LogP) is 2.35. The van der Waals surface area contributed by atoms with Crippen LogP contribution < -0.4 is 10.0 Å². The van der Waals surface area contributed by atoms with Crippen LogP contribution in [0.25, 0.3) is 0 Å². The molecule has 0 bridgehead atoms. The van der Waals surface area contributed by atoms with Crippen molar-refractivity contribution in [2.45, 2.75) is 25.2 Å². The van der Waals surface area contributed by atoms with Gasteiger partial charge in [-0.3, -0.25) is 9.59 Å². The van der Waals surface area contributed by atoms with E-state index in [0.29, 0.717) is 17.8 Å². The van der Waals surface area contributed by atoms with Crippen LogP contribution in [0.4, 0.5) is 14.5 Å². The summed E-state index contributed by atoms with van der Waals surface area (Å²) in [6, 6.07) is 7.68. The number of halogens is 2. The number of aryl methyl sites for hydroxylation is 1. The quantitative estimate of drug-likeness (QED) is 0.660. The van der Waals surface area contributed by atoms with Gasteiger partial charge >= 0.3 is 0 Å². The van der Waals surface area contributed by atoms with Crippen LogP contribution in [0.5, 0.6) is 0 Å². The van der Waals surface area contributed by atoms with Gasteiger partial charge in [0.15, 0.2) is 11.6 Å². The monoisotopic (exact) mass is 439 g/mol. The molecule has 30 heavy (non-hydrogen) atoms. The van der Waals surface area contributed by atoms with Crippen molar-refractivity contribution in [3.63, 3.8) is 0 Å². The summed E-state index contributed by atoms with van der Waals surface area (Å²) in [4.78, 5) is 25.1. The number of hydrogen-bond donors (Lipinski definition) is 2. The number of likely N-dealkylation sites (N-methyl/N-ethyl adjacent to an activating group) is 1. The van der Waals surface area contributed by atoms with E-state index in [9.17, 15) is 26.8 Å². The Kier molecular flexibility index (Phi) is 7.63. The second kappa shape index (κ2) is 9.77. The highest BCUT2D eigenvalue weighted by molar-refractivity contribution is 7.89. The molecule has 0 radical (unpaired) electrons. The number of amides is 2. The fourth-order valence-corrected chi connectivity index (χ4v) is 3.63. The second-order valence-electron chi connectivity index (χ2n) is 6.77. The molecule has 0 heterocycles. The summed E-state index contributed by atoms with van der Waals surface area (Å²) in [5.41, 5.74) is 2.59. The standard InChI is InChI=1S/C20H23F2N3O4S/c1-13-5-4-6-18(14(13)2)24-19(26)12-25(3)20(27)9-10-23-30(28,29)15-7-8-16(21)17(22)11-15/h4-8,11,23H,9-10,12H2,1-3H3,(H,24,26). The molecule has 2 N–H and O–H groups in total. The molecule has 0 unspecified atom stereocenters. The fraction of sp³-hybridized carbons (Fsp3) is 0.300. The molecule has 2 rings (SSSR count). The van der Waals surface area contributed by atoms with E-state index in [2.05, 4.69) is 10.0 Å². The highest BCUT2D eigenvalue weighted by atomic mass is 32.2. The molecule has 2 amide bonds. The zero-order chi connectivity index (χ0) is 22.5. The SMILES string of the molecule is Cc1cccc(NC(=O)CN(C)C(=O)CCNS(=O)(=O)c2ccc(F)c(F)c2)c1C. The smallest absolute Gasteiger partial charge is 0.243 e. The van der Waals surface area contributed by atoms with Gasteiger partial charge in [0.05, 0.1) is 11.4 Å². The molecule has 162 valence electrons. The van der Waals surface area contributed by atoms with Crippen molar-refractivity contribution in [1.82, 2.24) is 9.62 Å². The minimum atomic E-state index is -4.10. The van der Waals surface area contributed by atoms with E-state index < -0.39 is 32.5 Å². The Morgan fingerprint density at radius 1 is 1.07 bits per heavy atom. The van der Waals surface area contributed by atoms with Gasteiger partial charge in [-0.1, -0.05) is 12.1 Å². The molecule has 0 saturated carbocycles. The second-order valence-corrected chi connectivity index (χ2v) is 8.54. The van der Waals surface area contributed by atoms with Crippen molar-refractivity contribution in [3.05, 3.63) is 59.2 Å². The molecule has 0 spiro atoms. The molecule has 0 atom stereocenters. The maximum Gasteiger partial charge on any atom is 0.243 e. The zero-order valence-corrected chi connectivity index (χ0v) is 17.6. The van der Waals surface area contributed by atoms with Crippen molar-refractivity contribution >= 4 is 27.5 Å². The summed E-state index contributed by atoms with van der Waals surface area (Å²) in [6.07, 6.45) is -0.212. The molecule has 7 nitrogen and oxygen atoms in total. The number of hydrogen-bond acceptors (Lipinski definition) is 4. The molecule has 0 saturated heterocycles. The van der Waals surface area contributed by atoms with Gasteiger partial charge in [0.1, 0.15) is 0 Å². The van der Waals surface area contributed by atoms with E-state index in [0.717, 1.165) is 17.2 Å². The lowest BCUT2D eigenvalue weighted by Crippen LogP contribution is -2.37. The van der Waals surface area contributed by atoms with Gasteiger partial charge < -0.3 is 10.2 Å². The summed E-state index contributed by atoms with van der Waals surface area (Å²) in [6.45, 7) is 3.33. The number of anilines is 1. The Labute approximate surface area is 174 Å². The van der Waals surface area contributed by atoms with Crippen molar-refractivity contribution in [3.8, 4) is 0 Å². The number of carbonyl (C=O) groups excluding carboxylic acids is 2. The fourth-order valence-electron chi connectivity index (χ4n) is 2.59. The lowest BCUT2D eigenvalue weighted by atomic mass is 10.1. The van der Waals surface area contributed by atoms with Gasteiger partial charge in [0.25, 0.3) is 0 Å². The van der Waals surface area contributed by atoms with Crippen LogP contribution in [-0.4, -0.2) is 45.3 Å². The maximum atomic E-state index is 13.2. The Hall–Kier alpha value is -2.85. The lowest BCUT2D eigenvalue weighted by molar-refractivity contribution is -0.133. The van der Waals surface area contributed by atoms with E-state index >= 15 is 0 Å². The van der Waals surface area contributed by atoms with E-state index in [1.807, 2.05) is 26.0 Å². The normalized spacial score (nSPS) is 11.2.